The molecule has 0 aliphatic heterocycles. The molecule has 1 atom stereocenters. The molecule has 0 unspecified atom stereocenters. The van der Waals surface area contributed by atoms with E-state index in [1.165, 1.54) is 23.7 Å². The Morgan fingerprint density at radius 3 is 2.76 bits per heavy atom. The van der Waals surface area contributed by atoms with E-state index < -0.39 is 35.9 Å². The number of carbonyl (C=O) groups excluding carboxylic acids is 1. The SMILES string of the molecule is [C-]#[N+]C1(c2cc(F)cc(F)c2-c2ccc([C@H](CO)NC(=O)Nc3csc(C#N)n3)nc2)CC1. The molecule has 3 N–H and O–H groups in total. The molecule has 0 spiro atoms. The molecule has 0 bridgehead atoms. The Morgan fingerprint density at radius 2 is 2.18 bits per heavy atom. The summed E-state index contributed by atoms with van der Waals surface area (Å²) in [6.45, 7) is 6.99. The molecule has 0 saturated heterocycles. The summed E-state index contributed by atoms with van der Waals surface area (Å²) in [6, 6.07) is 5.35. The minimum atomic E-state index is -0.925. The summed E-state index contributed by atoms with van der Waals surface area (Å²) >= 11 is 1.07. The van der Waals surface area contributed by atoms with Crippen LogP contribution in [-0.2, 0) is 5.54 Å². The molecule has 3 aromatic rings. The van der Waals surface area contributed by atoms with Gasteiger partial charge >= 0.3 is 6.03 Å². The topological polar surface area (TPSA) is 115 Å². The summed E-state index contributed by atoms with van der Waals surface area (Å²) in [5, 5.41) is 25.2. The fourth-order valence-electron chi connectivity index (χ4n) is 3.46. The van der Waals surface area contributed by atoms with Crippen molar-refractivity contribution in [3.63, 3.8) is 0 Å². The van der Waals surface area contributed by atoms with Crippen LogP contribution in [0.1, 0.15) is 35.1 Å². The number of aliphatic hydroxyl groups is 1. The molecule has 2 aromatic heterocycles. The van der Waals surface area contributed by atoms with Gasteiger partial charge in [0, 0.05) is 41.6 Å². The first-order valence-electron chi connectivity index (χ1n) is 9.77. The van der Waals surface area contributed by atoms with Crippen LogP contribution < -0.4 is 10.6 Å². The third kappa shape index (κ3) is 4.51. The predicted octanol–water partition coefficient (Wildman–Crippen LogP) is 4.12. The molecule has 8 nitrogen and oxygen atoms in total. The van der Waals surface area contributed by atoms with E-state index in [9.17, 15) is 18.7 Å². The summed E-state index contributed by atoms with van der Waals surface area (Å²) < 4.78 is 28.6. The summed E-state index contributed by atoms with van der Waals surface area (Å²) in [7, 11) is 0. The molecular weight excluding hydrogens is 450 g/mol. The highest BCUT2D eigenvalue weighted by Crippen LogP contribution is 2.53. The number of anilines is 1. The second-order valence-corrected chi connectivity index (χ2v) is 8.27. The van der Waals surface area contributed by atoms with Gasteiger partial charge in [0.05, 0.1) is 23.9 Å². The highest BCUT2D eigenvalue weighted by molar-refractivity contribution is 7.10. The molecule has 1 aromatic carbocycles. The molecule has 11 heteroatoms. The minimum Gasteiger partial charge on any atom is -0.394 e. The Labute approximate surface area is 191 Å². The van der Waals surface area contributed by atoms with Crippen LogP contribution in [0, 0.1) is 29.5 Å². The molecular formula is C22H16F2N6O2S. The monoisotopic (exact) mass is 466 g/mol. The number of nitrogens with one attached hydrogen (secondary N) is 2. The Bertz CT molecular complexity index is 1290. The largest absolute Gasteiger partial charge is 0.394 e. The Hall–Kier alpha value is -3.93. The Morgan fingerprint density at radius 1 is 1.39 bits per heavy atom. The van der Waals surface area contributed by atoms with E-state index in [0.717, 1.165) is 17.4 Å². The van der Waals surface area contributed by atoms with E-state index in [1.54, 1.807) is 6.07 Å². The van der Waals surface area contributed by atoms with Gasteiger partial charge in [0.1, 0.15) is 23.5 Å². The van der Waals surface area contributed by atoms with Gasteiger partial charge in [-0.15, -0.1) is 11.3 Å². The molecule has 1 aliphatic rings. The number of amides is 2. The van der Waals surface area contributed by atoms with Crippen molar-refractivity contribution in [2.75, 3.05) is 11.9 Å². The van der Waals surface area contributed by atoms with Gasteiger partial charge in [-0.05, 0) is 12.1 Å². The van der Waals surface area contributed by atoms with Crippen LogP contribution >= 0.6 is 11.3 Å². The zero-order valence-electron chi connectivity index (χ0n) is 17.0. The van der Waals surface area contributed by atoms with E-state index in [-0.39, 0.29) is 16.4 Å². The molecule has 1 fully saturated rings. The van der Waals surface area contributed by atoms with Crippen LogP contribution in [0.3, 0.4) is 0 Å². The average molecular weight is 466 g/mol. The molecule has 2 amide bonds. The molecule has 166 valence electrons. The van der Waals surface area contributed by atoms with E-state index in [4.69, 9.17) is 11.8 Å². The second kappa shape index (κ2) is 8.90. The summed E-state index contributed by atoms with van der Waals surface area (Å²) in [5.41, 5.74) is 0.148. The Balaban J connectivity index is 1.55. The quantitative estimate of drug-likeness (QED) is 0.473. The summed E-state index contributed by atoms with van der Waals surface area (Å²) in [4.78, 5) is 23.9. The average Bonchev–Trinajstić information content (AvgIpc) is 3.49. The number of thiazole rings is 1. The normalized spacial score (nSPS) is 14.6. The van der Waals surface area contributed by atoms with Crippen LogP contribution in [0.2, 0.25) is 0 Å². The predicted molar refractivity (Wildman–Crippen MR) is 116 cm³/mol. The van der Waals surface area contributed by atoms with Crippen LogP contribution in [0.5, 0.6) is 0 Å². The van der Waals surface area contributed by atoms with Crippen molar-refractivity contribution in [3.8, 4) is 17.2 Å². The van der Waals surface area contributed by atoms with E-state index in [1.807, 2.05) is 6.07 Å². The number of aliphatic hydroxyl groups excluding tert-OH is 1. The number of halogens is 2. The first-order chi connectivity index (χ1) is 15.9. The lowest BCUT2D eigenvalue weighted by atomic mass is 9.93. The minimum absolute atomic E-state index is 0.118. The lowest BCUT2D eigenvalue weighted by Crippen LogP contribution is -2.34. The zero-order chi connectivity index (χ0) is 23.6. The second-order valence-electron chi connectivity index (χ2n) is 7.41. The van der Waals surface area contributed by atoms with E-state index >= 15 is 0 Å². The first kappa shape index (κ1) is 22.3. The van der Waals surface area contributed by atoms with Crippen molar-refractivity contribution >= 4 is 23.2 Å². The van der Waals surface area contributed by atoms with Crippen molar-refractivity contribution in [1.29, 1.82) is 5.26 Å². The highest BCUT2D eigenvalue weighted by atomic mass is 32.1. The van der Waals surface area contributed by atoms with Gasteiger partial charge in [0.25, 0.3) is 5.54 Å². The van der Waals surface area contributed by atoms with Crippen molar-refractivity contribution in [2.45, 2.75) is 24.4 Å². The molecule has 1 saturated carbocycles. The van der Waals surface area contributed by atoms with Gasteiger partial charge in [-0.2, -0.15) is 5.26 Å². The fourth-order valence-corrected chi connectivity index (χ4v) is 4.00. The zero-order valence-corrected chi connectivity index (χ0v) is 17.8. The van der Waals surface area contributed by atoms with Gasteiger partial charge in [0.2, 0.25) is 0 Å². The van der Waals surface area contributed by atoms with Crippen LogP contribution in [-0.4, -0.2) is 27.7 Å². The van der Waals surface area contributed by atoms with E-state index in [2.05, 4.69) is 25.4 Å². The maximum Gasteiger partial charge on any atom is 0.321 e. The standard InChI is InChI=1S/C22H16F2N6O2S/c1-26-22(4-5-22)14-6-13(23)7-15(24)20(14)12-2-3-16(27-9-12)17(10-31)28-21(32)30-18-11-33-19(8-25)29-18/h2-3,6-7,9,11,17,31H,4-5,10H2,(H2,28,30,32)/t17-/m0/s1. The Kier molecular flexibility index (Phi) is 6.01. The number of aromatic nitrogens is 2. The van der Waals surface area contributed by atoms with Crippen molar-refractivity contribution in [1.82, 2.24) is 15.3 Å². The number of nitriles is 1. The van der Waals surface area contributed by atoms with Crippen molar-refractivity contribution in [3.05, 3.63) is 75.2 Å². The lowest BCUT2D eigenvalue weighted by molar-refractivity contribution is 0.224. The van der Waals surface area contributed by atoms with E-state index in [0.29, 0.717) is 29.7 Å². The number of pyridine rings is 1. The molecule has 4 rings (SSSR count). The maximum absolute atomic E-state index is 14.7. The van der Waals surface area contributed by atoms with Crippen molar-refractivity contribution in [2.24, 2.45) is 0 Å². The number of rotatable bonds is 6. The third-order valence-electron chi connectivity index (χ3n) is 5.26. The van der Waals surface area contributed by atoms with Gasteiger partial charge in [-0.1, -0.05) is 6.07 Å². The molecule has 2 heterocycles. The number of hydrogen-bond donors (Lipinski definition) is 3. The lowest BCUT2D eigenvalue weighted by Gasteiger charge is -2.17. The molecule has 33 heavy (non-hydrogen) atoms. The van der Waals surface area contributed by atoms with Gasteiger partial charge < -0.3 is 15.3 Å². The summed E-state index contributed by atoms with van der Waals surface area (Å²) in [5.74, 6) is -1.34. The number of nitrogens with zero attached hydrogens (tertiary/aromatic N) is 4. The number of carbonyl (C=O) groups is 1. The fraction of sp³-hybridized carbons (Fsp3) is 0.227. The highest BCUT2D eigenvalue weighted by Gasteiger charge is 2.54. The van der Waals surface area contributed by atoms with Crippen LogP contribution in [0.4, 0.5) is 19.4 Å². The van der Waals surface area contributed by atoms with Gasteiger partial charge in [0.15, 0.2) is 5.01 Å². The number of urea groups is 1. The first-order valence-corrected chi connectivity index (χ1v) is 10.7. The van der Waals surface area contributed by atoms with Crippen LogP contribution in [0.15, 0.2) is 35.8 Å². The van der Waals surface area contributed by atoms with Gasteiger partial charge in [-0.25, -0.2) is 25.1 Å². The smallest absolute Gasteiger partial charge is 0.321 e. The number of hydrogen-bond acceptors (Lipinski definition) is 6. The maximum atomic E-state index is 14.7. The molecule has 0 radical (unpaired) electrons. The van der Waals surface area contributed by atoms with Crippen LogP contribution in [0.25, 0.3) is 16.0 Å². The summed E-state index contributed by atoms with van der Waals surface area (Å²) in [6.07, 6.45) is 2.41. The van der Waals surface area contributed by atoms with Gasteiger partial charge in [-0.3, -0.25) is 10.3 Å². The number of benzene rings is 1. The molecule has 1 aliphatic carbocycles. The third-order valence-corrected chi connectivity index (χ3v) is 6.00. The van der Waals surface area contributed by atoms with Crippen molar-refractivity contribution < 1.29 is 18.7 Å².